The van der Waals surface area contributed by atoms with E-state index >= 15 is 0 Å². The summed E-state index contributed by atoms with van der Waals surface area (Å²) in [7, 11) is 0. The Labute approximate surface area is 163 Å². The van der Waals surface area contributed by atoms with Crippen molar-refractivity contribution in [1.29, 1.82) is 0 Å². The SMILES string of the molecule is Cc1cc(O)cc2c1C(c1ccccc1F)CC1(CC(C)(C)NC(=S)N1)O2. The van der Waals surface area contributed by atoms with E-state index in [0.717, 1.165) is 11.1 Å². The van der Waals surface area contributed by atoms with Gasteiger partial charge in [-0.1, -0.05) is 18.2 Å². The topological polar surface area (TPSA) is 53.5 Å². The summed E-state index contributed by atoms with van der Waals surface area (Å²) in [6, 6.07) is 10.1. The smallest absolute Gasteiger partial charge is 0.185 e. The average molecular weight is 386 g/mol. The first-order valence-corrected chi connectivity index (χ1v) is 9.46. The molecule has 2 aromatic carbocycles. The van der Waals surface area contributed by atoms with E-state index in [1.165, 1.54) is 6.07 Å². The summed E-state index contributed by atoms with van der Waals surface area (Å²) in [4.78, 5) is 0. The first-order chi connectivity index (χ1) is 12.7. The highest BCUT2D eigenvalue weighted by Gasteiger charge is 2.49. The number of hydrogen-bond donors (Lipinski definition) is 3. The highest BCUT2D eigenvalue weighted by Crippen LogP contribution is 2.49. The minimum atomic E-state index is -0.772. The number of thiocarbonyl (C=S) groups is 1. The number of aryl methyl sites for hydroxylation is 1. The van der Waals surface area contributed by atoms with Crippen molar-refractivity contribution in [2.45, 2.75) is 50.8 Å². The molecule has 1 spiro atoms. The molecule has 0 radical (unpaired) electrons. The van der Waals surface area contributed by atoms with Gasteiger partial charge in [-0.2, -0.15) is 0 Å². The molecule has 2 unspecified atom stereocenters. The molecule has 142 valence electrons. The lowest BCUT2D eigenvalue weighted by Gasteiger charge is -2.50. The lowest BCUT2D eigenvalue weighted by atomic mass is 9.76. The zero-order valence-corrected chi connectivity index (χ0v) is 16.4. The molecule has 2 heterocycles. The minimum Gasteiger partial charge on any atom is -0.508 e. The van der Waals surface area contributed by atoms with Gasteiger partial charge in [0.25, 0.3) is 0 Å². The van der Waals surface area contributed by atoms with Crippen molar-refractivity contribution in [3.63, 3.8) is 0 Å². The second kappa shape index (κ2) is 6.09. The van der Waals surface area contributed by atoms with Gasteiger partial charge in [0.2, 0.25) is 0 Å². The predicted octanol–water partition coefficient (Wildman–Crippen LogP) is 4.10. The Morgan fingerprint density at radius 1 is 1.22 bits per heavy atom. The van der Waals surface area contributed by atoms with Crippen LogP contribution < -0.4 is 15.4 Å². The van der Waals surface area contributed by atoms with Gasteiger partial charge in [0.1, 0.15) is 17.3 Å². The van der Waals surface area contributed by atoms with Crippen molar-refractivity contribution >= 4 is 17.3 Å². The van der Waals surface area contributed by atoms with Crippen molar-refractivity contribution in [1.82, 2.24) is 10.6 Å². The number of phenolic OH excluding ortho intramolecular Hbond substituents is 1. The molecule has 27 heavy (non-hydrogen) atoms. The maximum atomic E-state index is 14.7. The number of hydrogen-bond acceptors (Lipinski definition) is 3. The molecule has 0 saturated carbocycles. The molecule has 4 rings (SSSR count). The largest absolute Gasteiger partial charge is 0.508 e. The lowest BCUT2D eigenvalue weighted by molar-refractivity contribution is -0.0132. The Morgan fingerprint density at radius 2 is 1.96 bits per heavy atom. The van der Waals surface area contributed by atoms with Crippen LogP contribution in [0, 0.1) is 12.7 Å². The van der Waals surface area contributed by atoms with Gasteiger partial charge in [0.15, 0.2) is 10.8 Å². The molecule has 2 aromatic rings. The Bertz CT molecular complexity index is 930. The second-order valence-electron chi connectivity index (χ2n) is 8.19. The van der Waals surface area contributed by atoms with Gasteiger partial charge in [0.05, 0.1) is 0 Å². The molecule has 1 saturated heterocycles. The minimum absolute atomic E-state index is 0.131. The number of halogens is 1. The molecule has 0 amide bonds. The quantitative estimate of drug-likeness (QED) is 0.645. The number of phenols is 1. The normalized spacial score (nSPS) is 25.9. The van der Waals surface area contributed by atoms with Crippen LogP contribution >= 0.6 is 12.2 Å². The third-order valence-corrected chi connectivity index (χ3v) is 5.53. The molecule has 2 aliphatic rings. The fraction of sp³-hybridized carbons (Fsp3) is 0.381. The van der Waals surface area contributed by atoms with E-state index < -0.39 is 5.72 Å². The fourth-order valence-electron chi connectivity index (χ4n) is 4.52. The Balaban J connectivity index is 1.89. The predicted molar refractivity (Wildman–Crippen MR) is 107 cm³/mol. The molecule has 1 fully saturated rings. The molecule has 6 heteroatoms. The number of ether oxygens (including phenoxy) is 1. The number of nitrogens with one attached hydrogen (secondary N) is 2. The summed E-state index contributed by atoms with van der Waals surface area (Å²) in [6.45, 7) is 6.04. The van der Waals surface area contributed by atoms with Crippen molar-refractivity contribution in [3.8, 4) is 11.5 Å². The van der Waals surface area contributed by atoms with Crippen LogP contribution in [0.4, 0.5) is 4.39 Å². The molecule has 4 nitrogen and oxygen atoms in total. The molecular formula is C21H23FN2O2S. The Hall–Kier alpha value is -2.34. The molecule has 2 atom stereocenters. The highest BCUT2D eigenvalue weighted by atomic mass is 32.1. The zero-order chi connectivity index (χ0) is 19.4. The number of benzene rings is 2. The lowest BCUT2D eigenvalue weighted by Crippen LogP contribution is -2.69. The van der Waals surface area contributed by atoms with Crippen LogP contribution in [0.3, 0.4) is 0 Å². The van der Waals surface area contributed by atoms with Crippen molar-refractivity contribution < 1.29 is 14.2 Å². The number of fused-ring (bicyclic) bond motifs is 1. The van der Waals surface area contributed by atoms with Crippen LogP contribution in [0.15, 0.2) is 36.4 Å². The monoisotopic (exact) mass is 386 g/mol. The van der Waals surface area contributed by atoms with E-state index in [-0.39, 0.29) is 23.0 Å². The van der Waals surface area contributed by atoms with Crippen LogP contribution in [0.2, 0.25) is 0 Å². The summed E-state index contributed by atoms with van der Waals surface area (Å²) < 4.78 is 21.1. The van der Waals surface area contributed by atoms with Crippen LogP contribution in [0.1, 0.15) is 49.3 Å². The van der Waals surface area contributed by atoms with Gasteiger partial charge in [-0.15, -0.1) is 0 Å². The zero-order valence-electron chi connectivity index (χ0n) is 15.6. The van der Waals surface area contributed by atoms with Gasteiger partial charge in [-0.05, 0) is 56.2 Å². The van der Waals surface area contributed by atoms with Crippen molar-refractivity contribution in [3.05, 3.63) is 58.9 Å². The van der Waals surface area contributed by atoms with Gasteiger partial charge in [-0.3, -0.25) is 0 Å². The highest BCUT2D eigenvalue weighted by molar-refractivity contribution is 7.80. The van der Waals surface area contributed by atoms with E-state index in [0.29, 0.717) is 29.3 Å². The standard InChI is InChI=1S/C21H23FN2O2S/c1-12-8-13(25)9-17-18(12)15(14-6-4-5-7-16(14)22)10-21(26-17)11-20(2,3)23-19(27)24-21/h4-9,15,25H,10-11H2,1-3H3,(H2,23,24,27). The summed E-state index contributed by atoms with van der Waals surface area (Å²) in [5.41, 5.74) is 1.37. The summed E-state index contributed by atoms with van der Waals surface area (Å²) >= 11 is 5.41. The first-order valence-electron chi connectivity index (χ1n) is 9.05. The van der Waals surface area contributed by atoms with Gasteiger partial charge < -0.3 is 20.5 Å². The molecule has 3 N–H and O–H groups in total. The van der Waals surface area contributed by atoms with Gasteiger partial charge in [0, 0.05) is 35.9 Å². The van der Waals surface area contributed by atoms with E-state index in [2.05, 4.69) is 24.5 Å². The van der Waals surface area contributed by atoms with Crippen LogP contribution in [0.5, 0.6) is 11.5 Å². The molecule has 2 aliphatic heterocycles. The molecule has 0 aromatic heterocycles. The van der Waals surface area contributed by atoms with Crippen molar-refractivity contribution in [2.24, 2.45) is 0 Å². The van der Waals surface area contributed by atoms with Crippen LogP contribution in [-0.4, -0.2) is 21.5 Å². The molecular weight excluding hydrogens is 363 g/mol. The Morgan fingerprint density at radius 3 is 2.67 bits per heavy atom. The Kier molecular flexibility index (Phi) is 4.07. The summed E-state index contributed by atoms with van der Waals surface area (Å²) in [6.07, 6.45) is 1.18. The van der Waals surface area contributed by atoms with E-state index in [1.54, 1.807) is 18.2 Å². The summed E-state index contributed by atoms with van der Waals surface area (Å²) in [5.74, 6) is 0.250. The second-order valence-corrected chi connectivity index (χ2v) is 8.60. The number of aromatic hydroxyl groups is 1. The molecule has 0 bridgehead atoms. The van der Waals surface area contributed by atoms with Gasteiger partial charge in [-0.25, -0.2) is 4.39 Å². The molecule has 0 aliphatic carbocycles. The van der Waals surface area contributed by atoms with Crippen LogP contribution in [-0.2, 0) is 0 Å². The van der Waals surface area contributed by atoms with E-state index in [9.17, 15) is 9.50 Å². The van der Waals surface area contributed by atoms with E-state index in [4.69, 9.17) is 17.0 Å². The maximum absolute atomic E-state index is 14.7. The fourth-order valence-corrected chi connectivity index (χ4v) is 4.98. The maximum Gasteiger partial charge on any atom is 0.185 e. The first kappa shape index (κ1) is 18.0. The van der Waals surface area contributed by atoms with Gasteiger partial charge >= 0.3 is 0 Å². The third-order valence-electron chi connectivity index (χ3n) is 5.32. The van der Waals surface area contributed by atoms with E-state index in [1.807, 2.05) is 19.1 Å². The van der Waals surface area contributed by atoms with Crippen molar-refractivity contribution in [2.75, 3.05) is 0 Å². The summed E-state index contributed by atoms with van der Waals surface area (Å²) in [5, 5.41) is 17.2. The van der Waals surface area contributed by atoms with Crippen LogP contribution in [0.25, 0.3) is 0 Å². The average Bonchev–Trinajstić information content (AvgIpc) is 2.51. The number of rotatable bonds is 1. The third kappa shape index (κ3) is 3.23.